The normalized spacial score (nSPS) is 10.3. The van der Waals surface area contributed by atoms with Crippen LogP contribution in [0, 0.1) is 0 Å². The van der Waals surface area contributed by atoms with E-state index in [4.69, 9.17) is 38.0 Å². The van der Waals surface area contributed by atoms with Gasteiger partial charge in [-0.2, -0.15) is 0 Å². The third-order valence-electron chi connectivity index (χ3n) is 4.35. The molecule has 0 aliphatic rings. The molecule has 0 saturated heterocycles. The lowest BCUT2D eigenvalue weighted by Crippen LogP contribution is -2.38. The Morgan fingerprint density at radius 2 is 1.73 bits per heavy atom. The summed E-state index contributed by atoms with van der Waals surface area (Å²) in [5.74, 6) is 1.54. The van der Waals surface area contributed by atoms with Gasteiger partial charge >= 0.3 is 0 Å². The van der Waals surface area contributed by atoms with Crippen molar-refractivity contribution in [1.82, 2.24) is 10.6 Å². The highest BCUT2D eigenvalue weighted by Crippen LogP contribution is 2.32. The van der Waals surface area contributed by atoms with Gasteiger partial charge in [0.25, 0.3) is 5.91 Å². The summed E-state index contributed by atoms with van der Waals surface area (Å²) in [7, 11) is 3.09. The van der Waals surface area contributed by atoms with Gasteiger partial charge in [-0.3, -0.25) is 10.1 Å². The van der Waals surface area contributed by atoms with E-state index in [1.807, 2.05) is 0 Å². The molecule has 0 aromatic heterocycles. The van der Waals surface area contributed by atoms with Crippen molar-refractivity contribution in [3.8, 4) is 17.2 Å². The van der Waals surface area contributed by atoms with Gasteiger partial charge in [0, 0.05) is 23.2 Å². The van der Waals surface area contributed by atoms with Gasteiger partial charge < -0.3 is 19.5 Å². The lowest BCUT2D eigenvalue weighted by atomic mass is 10.2. The molecule has 2 aromatic rings. The van der Waals surface area contributed by atoms with Crippen LogP contribution in [0.3, 0.4) is 0 Å². The first-order valence-corrected chi connectivity index (χ1v) is 10.5. The smallest absolute Gasteiger partial charge is 0.257 e. The van der Waals surface area contributed by atoms with Crippen molar-refractivity contribution in [2.24, 2.45) is 0 Å². The van der Waals surface area contributed by atoms with Crippen LogP contribution in [0.15, 0.2) is 36.4 Å². The van der Waals surface area contributed by atoms with Crippen LogP contribution >= 0.6 is 23.8 Å². The topological polar surface area (TPSA) is 68.8 Å². The summed E-state index contributed by atoms with van der Waals surface area (Å²) in [5.41, 5.74) is 1.25. The molecular formula is C22H27ClN2O4S. The number of nitrogens with one attached hydrogen (secondary N) is 2. The van der Waals surface area contributed by atoms with E-state index in [0.717, 1.165) is 30.6 Å². The van der Waals surface area contributed by atoms with Gasteiger partial charge in [-0.15, -0.1) is 0 Å². The van der Waals surface area contributed by atoms with E-state index in [1.165, 1.54) is 0 Å². The summed E-state index contributed by atoms with van der Waals surface area (Å²) in [5, 5.41) is 6.34. The van der Waals surface area contributed by atoms with E-state index in [2.05, 4.69) is 17.6 Å². The summed E-state index contributed by atoms with van der Waals surface area (Å²) in [6, 6.07) is 10.4. The van der Waals surface area contributed by atoms with Crippen molar-refractivity contribution in [1.29, 1.82) is 0 Å². The Hall–Kier alpha value is -2.51. The molecule has 30 heavy (non-hydrogen) atoms. The molecule has 0 aliphatic carbocycles. The van der Waals surface area contributed by atoms with E-state index in [-0.39, 0.29) is 11.0 Å². The fraction of sp³-hybridized carbons (Fsp3) is 0.364. The maximum atomic E-state index is 12.4. The van der Waals surface area contributed by atoms with Gasteiger partial charge in [-0.1, -0.05) is 31.4 Å². The molecule has 0 spiro atoms. The average Bonchev–Trinajstić information content (AvgIpc) is 2.76. The predicted molar refractivity (Wildman–Crippen MR) is 123 cm³/mol. The van der Waals surface area contributed by atoms with Crippen molar-refractivity contribution in [2.45, 2.75) is 32.7 Å². The minimum absolute atomic E-state index is 0.200. The van der Waals surface area contributed by atoms with Crippen molar-refractivity contribution in [3.63, 3.8) is 0 Å². The maximum absolute atomic E-state index is 12.4. The largest absolute Gasteiger partial charge is 0.494 e. The van der Waals surface area contributed by atoms with Crippen LogP contribution in [0.25, 0.3) is 0 Å². The summed E-state index contributed by atoms with van der Waals surface area (Å²) < 4.78 is 16.2. The number of hydrogen-bond acceptors (Lipinski definition) is 5. The molecule has 0 bridgehead atoms. The lowest BCUT2D eigenvalue weighted by Gasteiger charge is -2.14. The number of carbonyl (C=O) groups is 1. The molecular weight excluding hydrogens is 424 g/mol. The van der Waals surface area contributed by atoms with Gasteiger partial charge in [0.1, 0.15) is 5.75 Å². The van der Waals surface area contributed by atoms with E-state index in [9.17, 15) is 4.79 Å². The SMILES string of the molecule is CCCCCOc1ccc(C(=O)NC(=S)NCc2cc(OC)c(OC)cc2Cl)cc1. The Morgan fingerprint density at radius 1 is 1.07 bits per heavy atom. The van der Waals surface area contributed by atoms with Crippen LogP contribution < -0.4 is 24.8 Å². The number of unbranched alkanes of at least 4 members (excludes halogenated alkanes) is 2. The van der Waals surface area contributed by atoms with Crippen LogP contribution in [0.2, 0.25) is 5.02 Å². The highest BCUT2D eigenvalue weighted by atomic mass is 35.5. The number of ether oxygens (including phenoxy) is 3. The van der Waals surface area contributed by atoms with Crippen LogP contribution in [0.1, 0.15) is 42.1 Å². The molecule has 8 heteroatoms. The van der Waals surface area contributed by atoms with Gasteiger partial charge in [-0.25, -0.2) is 0 Å². The number of halogens is 1. The minimum Gasteiger partial charge on any atom is -0.494 e. The number of rotatable bonds is 10. The second-order valence-electron chi connectivity index (χ2n) is 6.52. The Labute approximate surface area is 187 Å². The number of carbonyl (C=O) groups excluding carboxylic acids is 1. The summed E-state index contributed by atoms with van der Waals surface area (Å²) >= 11 is 11.5. The van der Waals surface area contributed by atoms with E-state index >= 15 is 0 Å². The molecule has 0 saturated carbocycles. The predicted octanol–water partition coefficient (Wildman–Crippen LogP) is 4.73. The van der Waals surface area contributed by atoms with Crippen molar-refractivity contribution in [3.05, 3.63) is 52.5 Å². The van der Waals surface area contributed by atoms with Crippen molar-refractivity contribution in [2.75, 3.05) is 20.8 Å². The monoisotopic (exact) mass is 450 g/mol. The van der Waals surface area contributed by atoms with Gasteiger partial charge in [0.05, 0.1) is 20.8 Å². The molecule has 0 radical (unpaired) electrons. The van der Waals surface area contributed by atoms with Gasteiger partial charge in [-0.05, 0) is 54.5 Å². The zero-order valence-electron chi connectivity index (χ0n) is 17.4. The van der Waals surface area contributed by atoms with Crippen molar-refractivity contribution >= 4 is 34.8 Å². The molecule has 2 rings (SSSR count). The Kier molecular flexibility index (Phi) is 9.70. The molecule has 2 aromatic carbocycles. The number of amides is 1. The first-order chi connectivity index (χ1) is 14.5. The highest BCUT2D eigenvalue weighted by Gasteiger charge is 2.12. The summed E-state index contributed by atoms with van der Waals surface area (Å²) in [6.45, 7) is 3.14. The summed E-state index contributed by atoms with van der Waals surface area (Å²) in [4.78, 5) is 12.4. The standard InChI is InChI=1S/C22H27ClN2O4S/c1-4-5-6-11-29-17-9-7-15(8-10-17)21(26)25-22(30)24-14-16-12-19(27-2)20(28-3)13-18(16)23/h7-10,12-13H,4-6,11,14H2,1-3H3,(H2,24,25,26,30). The van der Waals surface area contributed by atoms with Crippen LogP contribution in [0.5, 0.6) is 17.2 Å². The fourth-order valence-electron chi connectivity index (χ4n) is 2.67. The zero-order chi connectivity index (χ0) is 21.9. The Balaban J connectivity index is 1.87. The maximum Gasteiger partial charge on any atom is 0.257 e. The summed E-state index contributed by atoms with van der Waals surface area (Å²) in [6.07, 6.45) is 3.30. The third-order valence-corrected chi connectivity index (χ3v) is 4.95. The lowest BCUT2D eigenvalue weighted by molar-refractivity contribution is 0.0976. The third kappa shape index (κ3) is 7.07. The second-order valence-corrected chi connectivity index (χ2v) is 7.33. The number of benzene rings is 2. The minimum atomic E-state index is -0.302. The van der Waals surface area contributed by atoms with Crippen molar-refractivity contribution < 1.29 is 19.0 Å². The molecule has 0 unspecified atom stereocenters. The molecule has 0 aliphatic heterocycles. The van der Waals surface area contributed by atoms with Gasteiger partial charge in [0.2, 0.25) is 0 Å². The highest BCUT2D eigenvalue weighted by molar-refractivity contribution is 7.80. The first kappa shape index (κ1) is 23.8. The molecule has 162 valence electrons. The van der Waals surface area contributed by atoms with E-state index < -0.39 is 0 Å². The number of thiocarbonyl (C=S) groups is 1. The molecule has 2 N–H and O–H groups in total. The molecule has 0 heterocycles. The Bertz CT molecular complexity index is 859. The van der Waals surface area contributed by atoms with E-state index in [0.29, 0.717) is 35.2 Å². The zero-order valence-corrected chi connectivity index (χ0v) is 19.0. The first-order valence-electron chi connectivity index (χ1n) is 9.71. The molecule has 1 amide bonds. The fourth-order valence-corrected chi connectivity index (χ4v) is 3.06. The van der Waals surface area contributed by atoms with Crippen LogP contribution in [0.4, 0.5) is 0 Å². The second kappa shape index (κ2) is 12.2. The van der Waals surface area contributed by atoms with E-state index in [1.54, 1.807) is 50.6 Å². The quantitative estimate of drug-likeness (QED) is 0.403. The van der Waals surface area contributed by atoms with Crippen LogP contribution in [-0.4, -0.2) is 31.8 Å². The number of methoxy groups -OCH3 is 2. The van der Waals surface area contributed by atoms with Crippen LogP contribution in [-0.2, 0) is 6.54 Å². The molecule has 0 fully saturated rings. The number of hydrogen-bond donors (Lipinski definition) is 2. The molecule has 0 atom stereocenters. The average molecular weight is 451 g/mol. The molecule has 6 nitrogen and oxygen atoms in total. The Morgan fingerprint density at radius 3 is 2.37 bits per heavy atom. The van der Waals surface area contributed by atoms with Gasteiger partial charge in [0.15, 0.2) is 16.6 Å².